The third-order valence-electron chi connectivity index (χ3n) is 5.12. The van der Waals surface area contributed by atoms with Gasteiger partial charge in [-0.25, -0.2) is 0 Å². The van der Waals surface area contributed by atoms with Gasteiger partial charge in [-0.1, -0.05) is 0 Å². The fraction of sp³-hybridized carbons (Fsp3) is 0.778. The first-order valence-corrected chi connectivity index (χ1v) is 9.39. The van der Waals surface area contributed by atoms with Gasteiger partial charge in [-0.3, -0.25) is 14.4 Å². The predicted molar refractivity (Wildman–Crippen MR) is 94.6 cm³/mol. The summed E-state index contributed by atoms with van der Waals surface area (Å²) in [5, 5.41) is 11.1. The van der Waals surface area contributed by atoms with Gasteiger partial charge in [0.2, 0.25) is 5.91 Å². The predicted octanol–water partition coefficient (Wildman–Crippen LogP) is 1.54. The second-order valence-corrected chi connectivity index (χ2v) is 7.52. The van der Waals surface area contributed by atoms with E-state index in [2.05, 4.69) is 46.7 Å². The van der Waals surface area contributed by atoms with Crippen LogP contribution in [0.2, 0.25) is 0 Å². The van der Waals surface area contributed by atoms with Crippen LogP contribution >= 0.6 is 0 Å². The lowest BCUT2D eigenvalue weighted by Crippen LogP contribution is -2.45. The van der Waals surface area contributed by atoms with Gasteiger partial charge in [0.25, 0.3) is 0 Å². The molecule has 1 aromatic heterocycles. The summed E-state index contributed by atoms with van der Waals surface area (Å²) in [6.45, 7) is 9.15. The Morgan fingerprint density at radius 1 is 1.42 bits per heavy atom. The number of hydrogen-bond acceptors (Lipinski definition) is 4. The molecule has 2 aliphatic rings. The second kappa shape index (κ2) is 8.12. The number of likely N-dealkylation sites (tertiary alicyclic amines) is 1. The van der Waals surface area contributed by atoms with Crippen molar-refractivity contribution in [2.45, 2.75) is 58.2 Å². The van der Waals surface area contributed by atoms with Crippen molar-refractivity contribution in [2.75, 3.05) is 26.2 Å². The van der Waals surface area contributed by atoms with Crippen LogP contribution in [0, 0.1) is 5.92 Å². The van der Waals surface area contributed by atoms with Crippen LogP contribution in [-0.2, 0) is 11.3 Å². The van der Waals surface area contributed by atoms with E-state index in [9.17, 15) is 4.79 Å². The van der Waals surface area contributed by atoms with Crippen molar-refractivity contribution in [1.82, 2.24) is 25.3 Å². The molecule has 2 saturated heterocycles. The van der Waals surface area contributed by atoms with Crippen LogP contribution in [0.3, 0.4) is 0 Å². The number of carbonyl (C=O) groups is 1. The van der Waals surface area contributed by atoms with E-state index < -0.39 is 0 Å². The molecule has 0 saturated carbocycles. The van der Waals surface area contributed by atoms with Gasteiger partial charge < -0.3 is 10.6 Å². The van der Waals surface area contributed by atoms with Gasteiger partial charge in [0.15, 0.2) is 0 Å². The Morgan fingerprint density at radius 3 is 3.00 bits per heavy atom. The fourth-order valence-corrected chi connectivity index (χ4v) is 3.72. The Labute approximate surface area is 145 Å². The van der Waals surface area contributed by atoms with E-state index >= 15 is 0 Å². The Kier molecular flexibility index (Phi) is 5.89. The monoisotopic (exact) mass is 333 g/mol. The van der Waals surface area contributed by atoms with E-state index in [1.165, 1.54) is 12.8 Å². The molecule has 3 rings (SSSR count). The first-order chi connectivity index (χ1) is 11.6. The van der Waals surface area contributed by atoms with E-state index in [1.54, 1.807) is 0 Å². The van der Waals surface area contributed by atoms with Crippen molar-refractivity contribution in [3.8, 4) is 0 Å². The zero-order valence-electron chi connectivity index (χ0n) is 15.0. The fourth-order valence-electron chi connectivity index (χ4n) is 3.72. The van der Waals surface area contributed by atoms with Crippen LogP contribution in [-0.4, -0.2) is 52.8 Å². The molecule has 2 unspecified atom stereocenters. The highest BCUT2D eigenvalue weighted by atomic mass is 16.2. The van der Waals surface area contributed by atoms with Crippen molar-refractivity contribution >= 4 is 5.91 Å². The zero-order chi connectivity index (χ0) is 16.9. The lowest BCUT2D eigenvalue weighted by Gasteiger charge is -2.32. The summed E-state index contributed by atoms with van der Waals surface area (Å²) in [6, 6.07) is 2.56. The van der Waals surface area contributed by atoms with Crippen LogP contribution < -0.4 is 10.6 Å². The van der Waals surface area contributed by atoms with Crippen molar-refractivity contribution in [2.24, 2.45) is 5.92 Å². The van der Waals surface area contributed by atoms with Gasteiger partial charge in [-0.2, -0.15) is 5.10 Å². The minimum Gasteiger partial charge on any atom is -0.354 e. The molecule has 0 aliphatic carbocycles. The first-order valence-electron chi connectivity index (χ1n) is 9.39. The highest BCUT2D eigenvalue weighted by Gasteiger charge is 2.24. The SMILES string of the molecule is CC(C)n1ccc(CN2CCCC(CNC(=O)C3CCCN3)C2)n1. The summed E-state index contributed by atoms with van der Waals surface area (Å²) >= 11 is 0. The third-order valence-corrected chi connectivity index (χ3v) is 5.12. The molecule has 2 N–H and O–H groups in total. The Bertz CT molecular complexity index is 535. The van der Waals surface area contributed by atoms with Crippen LogP contribution in [0.15, 0.2) is 12.3 Å². The largest absolute Gasteiger partial charge is 0.354 e. The quantitative estimate of drug-likeness (QED) is 0.829. The van der Waals surface area contributed by atoms with E-state index in [4.69, 9.17) is 0 Å². The molecule has 0 bridgehead atoms. The number of amides is 1. The van der Waals surface area contributed by atoms with Crippen molar-refractivity contribution in [3.05, 3.63) is 18.0 Å². The Hall–Kier alpha value is -1.40. The van der Waals surface area contributed by atoms with E-state index in [-0.39, 0.29) is 11.9 Å². The number of nitrogens with one attached hydrogen (secondary N) is 2. The summed E-state index contributed by atoms with van der Waals surface area (Å²) in [7, 11) is 0. The second-order valence-electron chi connectivity index (χ2n) is 7.52. The molecule has 0 radical (unpaired) electrons. The van der Waals surface area contributed by atoms with E-state index in [0.717, 1.165) is 51.3 Å². The highest BCUT2D eigenvalue weighted by molar-refractivity contribution is 5.81. The number of nitrogens with zero attached hydrogens (tertiary/aromatic N) is 3. The molecule has 0 aromatic carbocycles. The number of carbonyl (C=O) groups excluding carboxylic acids is 1. The topological polar surface area (TPSA) is 62.2 Å². The molecule has 134 valence electrons. The Morgan fingerprint density at radius 2 is 2.29 bits per heavy atom. The van der Waals surface area contributed by atoms with Gasteiger partial charge in [0.05, 0.1) is 11.7 Å². The van der Waals surface area contributed by atoms with Gasteiger partial charge >= 0.3 is 0 Å². The number of rotatable bonds is 6. The van der Waals surface area contributed by atoms with Gasteiger partial charge in [0, 0.05) is 31.9 Å². The van der Waals surface area contributed by atoms with Crippen LogP contribution in [0.1, 0.15) is 51.3 Å². The van der Waals surface area contributed by atoms with Gasteiger partial charge in [-0.05, 0) is 64.6 Å². The average molecular weight is 333 g/mol. The zero-order valence-corrected chi connectivity index (χ0v) is 15.0. The lowest BCUT2D eigenvalue weighted by atomic mass is 9.97. The molecule has 2 aliphatic heterocycles. The van der Waals surface area contributed by atoms with Crippen molar-refractivity contribution in [3.63, 3.8) is 0 Å². The Balaban J connectivity index is 1.44. The summed E-state index contributed by atoms with van der Waals surface area (Å²) in [4.78, 5) is 14.6. The minimum atomic E-state index is 0.0321. The molecule has 6 heteroatoms. The average Bonchev–Trinajstić information content (AvgIpc) is 3.24. The van der Waals surface area contributed by atoms with E-state index in [0.29, 0.717) is 12.0 Å². The first kappa shape index (κ1) is 17.4. The minimum absolute atomic E-state index is 0.0321. The number of hydrogen-bond donors (Lipinski definition) is 2. The lowest BCUT2D eigenvalue weighted by molar-refractivity contribution is -0.123. The summed E-state index contributed by atoms with van der Waals surface area (Å²) in [5.41, 5.74) is 1.14. The van der Waals surface area contributed by atoms with Crippen LogP contribution in [0.4, 0.5) is 0 Å². The smallest absolute Gasteiger partial charge is 0.237 e. The molecule has 2 atom stereocenters. The summed E-state index contributed by atoms with van der Waals surface area (Å²) in [6.07, 6.45) is 6.55. The summed E-state index contributed by atoms with van der Waals surface area (Å²) < 4.78 is 2.02. The van der Waals surface area contributed by atoms with Gasteiger partial charge in [0.1, 0.15) is 0 Å². The maximum Gasteiger partial charge on any atom is 0.237 e. The molecule has 1 amide bonds. The van der Waals surface area contributed by atoms with Crippen LogP contribution in [0.5, 0.6) is 0 Å². The molecular formula is C18H31N5O. The highest BCUT2D eigenvalue weighted by Crippen LogP contribution is 2.18. The van der Waals surface area contributed by atoms with Crippen molar-refractivity contribution in [1.29, 1.82) is 0 Å². The normalized spacial score (nSPS) is 25.3. The molecular weight excluding hydrogens is 302 g/mol. The van der Waals surface area contributed by atoms with Crippen LogP contribution in [0.25, 0.3) is 0 Å². The van der Waals surface area contributed by atoms with Gasteiger partial charge in [-0.15, -0.1) is 0 Å². The summed E-state index contributed by atoms with van der Waals surface area (Å²) in [5.74, 6) is 0.733. The van der Waals surface area contributed by atoms with Crippen molar-refractivity contribution < 1.29 is 4.79 Å². The molecule has 0 spiro atoms. The number of piperidine rings is 1. The molecule has 2 fully saturated rings. The number of aromatic nitrogens is 2. The third kappa shape index (κ3) is 4.57. The van der Waals surface area contributed by atoms with E-state index in [1.807, 2.05) is 4.68 Å². The standard InChI is InChI=1S/C18H31N5O/c1-14(2)23-10-7-16(21-23)13-22-9-4-5-15(12-22)11-20-18(24)17-6-3-8-19-17/h7,10,14-15,17,19H,3-6,8-9,11-13H2,1-2H3,(H,20,24). The molecule has 1 aromatic rings. The molecule has 3 heterocycles. The maximum atomic E-state index is 12.1. The molecule has 24 heavy (non-hydrogen) atoms. The maximum absolute atomic E-state index is 12.1. The molecule has 6 nitrogen and oxygen atoms in total.